The lowest BCUT2D eigenvalue weighted by molar-refractivity contribution is -0.160. The predicted molar refractivity (Wildman–Crippen MR) is 38.9 cm³/mol. The van der Waals surface area contributed by atoms with Gasteiger partial charge in [-0.3, -0.25) is 4.79 Å². The molecule has 1 heterocycles. The lowest BCUT2D eigenvalue weighted by atomic mass is 10.2. The minimum atomic E-state index is -0.933. The Kier molecular flexibility index (Phi) is 2.06. The summed E-state index contributed by atoms with van der Waals surface area (Å²) in [5.41, 5.74) is 4.90. The highest BCUT2D eigenvalue weighted by molar-refractivity contribution is 5.84. The average molecular weight is 173 g/mol. The quantitative estimate of drug-likeness (QED) is 0.573. The zero-order valence-electron chi connectivity index (χ0n) is 6.99. The molecular formula is C7H11NO4. The summed E-state index contributed by atoms with van der Waals surface area (Å²) < 4.78 is 9.89. The SMILES string of the molecule is CC1(C)OC(=O)[C@H](CC(N)=O)O1. The zero-order valence-corrected chi connectivity index (χ0v) is 6.99. The Hall–Kier alpha value is -1.10. The van der Waals surface area contributed by atoms with Gasteiger partial charge in [0.05, 0.1) is 6.42 Å². The third-order valence-corrected chi connectivity index (χ3v) is 1.42. The maximum atomic E-state index is 11.0. The molecular weight excluding hydrogens is 162 g/mol. The lowest BCUT2D eigenvalue weighted by Gasteiger charge is -2.14. The van der Waals surface area contributed by atoms with Crippen molar-refractivity contribution >= 4 is 11.9 Å². The second-order valence-corrected chi connectivity index (χ2v) is 3.10. The van der Waals surface area contributed by atoms with Gasteiger partial charge in [-0.05, 0) is 0 Å². The highest BCUT2D eigenvalue weighted by atomic mass is 16.8. The van der Waals surface area contributed by atoms with Crippen LogP contribution in [0.25, 0.3) is 0 Å². The molecule has 0 spiro atoms. The zero-order chi connectivity index (χ0) is 9.35. The number of primary amides is 1. The summed E-state index contributed by atoms with van der Waals surface area (Å²) in [7, 11) is 0. The monoisotopic (exact) mass is 173 g/mol. The Morgan fingerprint density at radius 2 is 2.25 bits per heavy atom. The van der Waals surface area contributed by atoms with Crippen LogP contribution in [0, 0.1) is 0 Å². The van der Waals surface area contributed by atoms with Gasteiger partial charge in [-0.2, -0.15) is 0 Å². The second kappa shape index (κ2) is 2.75. The third kappa shape index (κ3) is 1.94. The van der Waals surface area contributed by atoms with E-state index in [0.29, 0.717) is 0 Å². The number of rotatable bonds is 2. The average Bonchev–Trinajstić information content (AvgIpc) is 2.03. The first-order valence-corrected chi connectivity index (χ1v) is 3.60. The number of ether oxygens (including phenoxy) is 2. The van der Waals surface area contributed by atoms with E-state index in [1.807, 2.05) is 0 Å². The Labute approximate surface area is 69.8 Å². The molecule has 1 aliphatic heterocycles. The van der Waals surface area contributed by atoms with E-state index in [2.05, 4.69) is 0 Å². The molecule has 0 unspecified atom stereocenters. The molecule has 0 saturated carbocycles. The number of esters is 1. The van der Waals surface area contributed by atoms with Gasteiger partial charge >= 0.3 is 5.97 Å². The maximum absolute atomic E-state index is 11.0. The lowest BCUT2D eigenvalue weighted by Crippen LogP contribution is -2.26. The van der Waals surface area contributed by atoms with Crippen molar-refractivity contribution in [2.75, 3.05) is 0 Å². The van der Waals surface area contributed by atoms with E-state index >= 15 is 0 Å². The summed E-state index contributed by atoms with van der Waals surface area (Å²) >= 11 is 0. The summed E-state index contributed by atoms with van der Waals surface area (Å²) in [6, 6.07) is 0. The number of hydrogen-bond donors (Lipinski definition) is 1. The molecule has 5 heteroatoms. The van der Waals surface area contributed by atoms with Gasteiger partial charge in [0.1, 0.15) is 0 Å². The van der Waals surface area contributed by atoms with Crippen molar-refractivity contribution in [1.82, 2.24) is 0 Å². The Balaban J connectivity index is 2.58. The van der Waals surface area contributed by atoms with Crippen molar-refractivity contribution in [1.29, 1.82) is 0 Å². The van der Waals surface area contributed by atoms with Crippen molar-refractivity contribution in [2.45, 2.75) is 32.2 Å². The van der Waals surface area contributed by atoms with Crippen LogP contribution >= 0.6 is 0 Å². The molecule has 12 heavy (non-hydrogen) atoms. The van der Waals surface area contributed by atoms with E-state index in [-0.39, 0.29) is 6.42 Å². The van der Waals surface area contributed by atoms with E-state index in [9.17, 15) is 9.59 Å². The molecule has 1 rings (SSSR count). The molecule has 68 valence electrons. The van der Waals surface area contributed by atoms with Gasteiger partial charge in [0.15, 0.2) is 6.10 Å². The van der Waals surface area contributed by atoms with E-state index in [1.165, 1.54) is 0 Å². The molecule has 1 aliphatic rings. The van der Waals surface area contributed by atoms with Crippen molar-refractivity contribution in [3.05, 3.63) is 0 Å². The van der Waals surface area contributed by atoms with Gasteiger partial charge in [-0.1, -0.05) is 0 Å². The van der Waals surface area contributed by atoms with Crippen LogP contribution < -0.4 is 5.73 Å². The van der Waals surface area contributed by atoms with Gasteiger partial charge in [0, 0.05) is 13.8 Å². The molecule has 1 saturated heterocycles. The highest BCUT2D eigenvalue weighted by Gasteiger charge is 2.41. The van der Waals surface area contributed by atoms with Crippen LogP contribution in [-0.4, -0.2) is 23.8 Å². The van der Waals surface area contributed by atoms with Gasteiger partial charge in [-0.25, -0.2) is 4.79 Å². The van der Waals surface area contributed by atoms with Gasteiger partial charge < -0.3 is 15.2 Å². The van der Waals surface area contributed by atoms with Crippen LogP contribution in [0.3, 0.4) is 0 Å². The molecule has 0 aliphatic carbocycles. The normalized spacial score (nSPS) is 26.8. The van der Waals surface area contributed by atoms with Crippen LogP contribution in [0.1, 0.15) is 20.3 Å². The second-order valence-electron chi connectivity index (χ2n) is 3.10. The molecule has 1 amide bonds. The van der Waals surface area contributed by atoms with Gasteiger partial charge in [-0.15, -0.1) is 0 Å². The first-order valence-electron chi connectivity index (χ1n) is 3.60. The number of nitrogens with two attached hydrogens (primary N) is 1. The molecule has 0 bridgehead atoms. The fraction of sp³-hybridized carbons (Fsp3) is 0.714. The van der Waals surface area contributed by atoms with Crippen LogP contribution in [0.5, 0.6) is 0 Å². The molecule has 0 radical (unpaired) electrons. The summed E-state index contributed by atoms with van der Waals surface area (Å²) in [4.78, 5) is 21.4. The third-order valence-electron chi connectivity index (χ3n) is 1.42. The molecule has 0 aromatic heterocycles. The van der Waals surface area contributed by atoms with Crippen molar-refractivity contribution in [3.63, 3.8) is 0 Å². The standard InChI is InChI=1S/C7H11NO4/c1-7(2)11-4(3-5(8)9)6(10)12-7/h4H,3H2,1-2H3,(H2,8,9)/t4-/m0/s1. The van der Waals surface area contributed by atoms with Crippen molar-refractivity contribution in [3.8, 4) is 0 Å². The predicted octanol–water partition coefficient (Wildman–Crippen LogP) is -0.460. The summed E-state index contributed by atoms with van der Waals surface area (Å²) in [6.07, 6.45) is -0.958. The van der Waals surface area contributed by atoms with Crippen LogP contribution in [0.2, 0.25) is 0 Å². The molecule has 2 N–H and O–H groups in total. The van der Waals surface area contributed by atoms with Crippen LogP contribution in [-0.2, 0) is 19.1 Å². The number of carbonyl (C=O) groups excluding carboxylic acids is 2. The van der Waals surface area contributed by atoms with Gasteiger partial charge in [0.25, 0.3) is 0 Å². The largest absolute Gasteiger partial charge is 0.432 e. The molecule has 1 fully saturated rings. The number of amides is 1. The number of cyclic esters (lactones) is 1. The first kappa shape index (κ1) is 8.99. The molecule has 1 atom stereocenters. The van der Waals surface area contributed by atoms with E-state index in [4.69, 9.17) is 15.2 Å². The molecule has 0 aromatic carbocycles. The molecule has 0 aromatic rings. The van der Waals surface area contributed by atoms with Crippen molar-refractivity contribution in [2.24, 2.45) is 5.73 Å². The van der Waals surface area contributed by atoms with Gasteiger partial charge in [0.2, 0.25) is 11.7 Å². The fourth-order valence-electron chi connectivity index (χ4n) is 1.03. The van der Waals surface area contributed by atoms with E-state index in [0.717, 1.165) is 0 Å². The first-order chi connectivity index (χ1) is 5.41. The number of hydrogen-bond acceptors (Lipinski definition) is 4. The topological polar surface area (TPSA) is 78.6 Å². The Morgan fingerprint density at radius 3 is 2.58 bits per heavy atom. The maximum Gasteiger partial charge on any atom is 0.338 e. The summed E-state index contributed by atoms with van der Waals surface area (Å²) in [6.45, 7) is 3.21. The minimum absolute atomic E-state index is 0.123. The van der Waals surface area contributed by atoms with Crippen LogP contribution in [0.4, 0.5) is 0 Å². The summed E-state index contributed by atoms with van der Waals surface area (Å²) in [5.74, 6) is -2.04. The van der Waals surface area contributed by atoms with Crippen molar-refractivity contribution < 1.29 is 19.1 Å². The Bertz CT molecular complexity index is 223. The van der Waals surface area contributed by atoms with Crippen LogP contribution in [0.15, 0.2) is 0 Å². The fourth-order valence-corrected chi connectivity index (χ4v) is 1.03. The highest BCUT2D eigenvalue weighted by Crippen LogP contribution is 2.24. The Morgan fingerprint density at radius 1 is 1.67 bits per heavy atom. The van der Waals surface area contributed by atoms with E-state index in [1.54, 1.807) is 13.8 Å². The number of carbonyl (C=O) groups is 2. The minimum Gasteiger partial charge on any atom is -0.432 e. The smallest absolute Gasteiger partial charge is 0.338 e. The molecule has 5 nitrogen and oxygen atoms in total. The summed E-state index contributed by atoms with van der Waals surface area (Å²) in [5, 5.41) is 0. The van der Waals surface area contributed by atoms with E-state index < -0.39 is 23.8 Å².